The Hall–Kier alpha value is -2.40. The van der Waals surface area contributed by atoms with Crippen LogP contribution >= 0.6 is 35.3 Å². The van der Waals surface area contributed by atoms with Crippen LogP contribution in [-0.2, 0) is 13.1 Å². The SMILES string of the molecule is CN=C(NCc1ccc(NC(=O)c2ccco2)cc1)NCc1nc(C)c(C)s1.I. The second-order valence-electron chi connectivity index (χ2n) is 6.16. The number of thiazole rings is 1. The number of benzene rings is 1. The van der Waals surface area contributed by atoms with E-state index in [1.807, 2.05) is 31.2 Å². The van der Waals surface area contributed by atoms with Crippen molar-refractivity contribution in [1.29, 1.82) is 0 Å². The van der Waals surface area contributed by atoms with Crippen LogP contribution in [-0.4, -0.2) is 23.9 Å². The Morgan fingerprint density at radius 3 is 2.45 bits per heavy atom. The number of anilines is 1. The maximum absolute atomic E-state index is 12.0. The summed E-state index contributed by atoms with van der Waals surface area (Å²) < 4.78 is 5.09. The molecule has 1 amide bonds. The maximum Gasteiger partial charge on any atom is 0.291 e. The first-order valence-corrected chi connectivity index (χ1v) is 9.68. The number of carbonyl (C=O) groups is 1. The molecule has 9 heteroatoms. The van der Waals surface area contributed by atoms with E-state index in [1.165, 1.54) is 11.1 Å². The number of amides is 1. The number of aryl methyl sites for hydroxylation is 2. The van der Waals surface area contributed by atoms with E-state index in [0.29, 0.717) is 24.7 Å². The highest BCUT2D eigenvalue weighted by Gasteiger charge is 2.08. The van der Waals surface area contributed by atoms with Crippen LogP contribution in [0.5, 0.6) is 0 Å². The maximum atomic E-state index is 12.0. The third-order valence-electron chi connectivity index (χ3n) is 4.12. The Morgan fingerprint density at radius 2 is 1.86 bits per heavy atom. The van der Waals surface area contributed by atoms with Gasteiger partial charge in [-0.25, -0.2) is 4.98 Å². The highest BCUT2D eigenvalue weighted by atomic mass is 127. The largest absolute Gasteiger partial charge is 0.459 e. The number of hydrogen-bond acceptors (Lipinski definition) is 5. The fourth-order valence-electron chi connectivity index (χ4n) is 2.49. The molecule has 0 aliphatic rings. The van der Waals surface area contributed by atoms with Gasteiger partial charge in [-0.2, -0.15) is 0 Å². The predicted molar refractivity (Wildman–Crippen MR) is 127 cm³/mol. The van der Waals surface area contributed by atoms with E-state index in [2.05, 4.69) is 32.9 Å². The number of guanidine groups is 1. The van der Waals surface area contributed by atoms with E-state index in [0.717, 1.165) is 16.3 Å². The molecular formula is C20H24IN5O2S. The van der Waals surface area contributed by atoms with Crippen molar-refractivity contribution >= 4 is 52.9 Å². The Labute approximate surface area is 191 Å². The quantitative estimate of drug-likeness (QED) is 0.256. The van der Waals surface area contributed by atoms with Crippen LogP contribution in [0.3, 0.4) is 0 Å². The highest BCUT2D eigenvalue weighted by molar-refractivity contribution is 14.0. The zero-order valence-corrected chi connectivity index (χ0v) is 19.6. The molecular weight excluding hydrogens is 501 g/mol. The van der Waals surface area contributed by atoms with Crippen molar-refractivity contribution in [2.24, 2.45) is 4.99 Å². The Bertz CT molecular complexity index is 932. The van der Waals surface area contributed by atoms with Crippen LogP contribution in [0.25, 0.3) is 0 Å². The van der Waals surface area contributed by atoms with Gasteiger partial charge in [0.25, 0.3) is 5.91 Å². The summed E-state index contributed by atoms with van der Waals surface area (Å²) in [4.78, 5) is 22.0. The smallest absolute Gasteiger partial charge is 0.291 e. The summed E-state index contributed by atoms with van der Waals surface area (Å²) in [5.74, 6) is 0.722. The van der Waals surface area contributed by atoms with E-state index < -0.39 is 0 Å². The molecule has 0 radical (unpaired) electrons. The Kier molecular flexibility index (Phi) is 8.65. The van der Waals surface area contributed by atoms with Crippen LogP contribution in [0.4, 0.5) is 5.69 Å². The number of nitrogens with one attached hydrogen (secondary N) is 3. The fraction of sp³-hybridized carbons (Fsp3) is 0.250. The number of rotatable bonds is 6. The Morgan fingerprint density at radius 1 is 1.14 bits per heavy atom. The normalized spacial score (nSPS) is 10.9. The Balaban J connectivity index is 0.00000300. The van der Waals surface area contributed by atoms with Gasteiger partial charge in [0.1, 0.15) is 5.01 Å². The van der Waals surface area contributed by atoms with Crippen molar-refractivity contribution in [3.63, 3.8) is 0 Å². The zero-order valence-electron chi connectivity index (χ0n) is 16.5. The van der Waals surface area contributed by atoms with Gasteiger partial charge in [0, 0.05) is 24.2 Å². The van der Waals surface area contributed by atoms with Crippen LogP contribution in [0, 0.1) is 13.8 Å². The average molecular weight is 525 g/mol. The van der Waals surface area contributed by atoms with E-state index in [-0.39, 0.29) is 35.6 Å². The van der Waals surface area contributed by atoms with Crippen molar-refractivity contribution in [3.05, 3.63) is 69.6 Å². The van der Waals surface area contributed by atoms with E-state index in [4.69, 9.17) is 4.42 Å². The number of aliphatic imine (C=N–C) groups is 1. The number of nitrogens with zero attached hydrogens (tertiary/aromatic N) is 2. The van der Waals surface area contributed by atoms with Gasteiger partial charge < -0.3 is 20.4 Å². The molecule has 3 aromatic rings. The summed E-state index contributed by atoms with van der Waals surface area (Å²) in [6, 6.07) is 10.9. The lowest BCUT2D eigenvalue weighted by atomic mass is 10.2. The predicted octanol–water partition coefficient (Wildman–Crippen LogP) is 4.09. The summed E-state index contributed by atoms with van der Waals surface area (Å²) in [6.07, 6.45) is 1.47. The molecule has 0 aliphatic carbocycles. The molecule has 2 aromatic heterocycles. The van der Waals surface area contributed by atoms with Gasteiger partial charge in [0.05, 0.1) is 18.5 Å². The monoisotopic (exact) mass is 525 g/mol. The molecule has 1 aromatic carbocycles. The minimum atomic E-state index is -0.270. The van der Waals surface area contributed by atoms with Gasteiger partial charge in [-0.05, 0) is 43.7 Å². The minimum absolute atomic E-state index is 0. The molecule has 0 aliphatic heterocycles. The molecule has 0 bridgehead atoms. The second-order valence-corrected chi connectivity index (χ2v) is 7.44. The summed E-state index contributed by atoms with van der Waals surface area (Å²) in [7, 11) is 1.74. The molecule has 0 fully saturated rings. The number of aromatic nitrogens is 1. The highest BCUT2D eigenvalue weighted by Crippen LogP contribution is 2.16. The van der Waals surface area contributed by atoms with Gasteiger partial charge in [-0.1, -0.05) is 12.1 Å². The van der Waals surface area contributed by atoms with E-state index in [9.17, 15) is 4.79 Å². The van der Waals surface area contributed by atoms with Gasteiger partial charge in [-0.15, -0.1) is 35.3 Å². The van der Waals surface area contributed by atoms with Crippen LogP contribution in [0.1, 0.15) is 31.7 Å². The van der Waals surface area contributed by atoms with Crippen LogP contribution in [0.15, 0.2) is 52.1 Å². The van der Waals surface area contributed by atoms with Crippen LogP contribution < -0.4 is 16.0 Å². The molecule has 0 unspecified atom stereocenters. The van der Waals surface area contributed by atoms with Gasteiger partial charge in [0.2, 0.25) is 0 Å². The average Bonchev–Trinajstić information content (AvgIpc) is 3.34. The van der Waals surface area contributed by atoms with Crippen molar-refractivity contribution in [2.45, 2.75) is 26.9 Å². The number of hydrogen-bond donors (Lipinski definition) is 3. The fourth-order valence-corrected chi connectivity index (χ4v) is 3.36. The number of furan rings is 1. The molecule has 0 spiro atoms. The van der Waals surface area contributed by atoms with Crippen molar-refractivity contribution in [2.75, 3.05) is 12.4 Å². The lowest BCUT2D eigenvalue weighted by Crippen LogP contribution is -2.36. The first kappa shape index (κ1) is 22.9. The lowest BCUT2D eigenvalue weighted by Gasteiger charge is -2.11. The molecule has 0 saturated heterocycles. The second kappa shape index (κ2) is 11.0. The molecule has 154 valence electrons. The molecule has 3 N–H and O–H groups in total. The molecule has 7 nitrogen and oxygen atoms in total. The lowest BCUT2D eigenvalue weighted by molar-refractivity contribution is 0.0996. The van der Waals surface area contributed by atoms with Crippen molar-refractivity contribution in [3.8, 4) is 0 Å². The zero-order chi connectivity index (χ0) is 19.9. The third kappa shape index (κ3) is 6.57. The molecule has 0 saturated carbocycles. The van der Waals surface area contributed by atoms with Gasteiger partial charge >= 0.3 is 0 Å². The third-order valence-corrected chi connectivity index (χ3v) is 5.19. The van der Waals surface area contributed by atoms with Crippen molar-refractivity contribution < 1.29 is 9.21 Å². The number of halogens is 1. The summed E-state index contributed by atoms with van der Waals surface area (Å²) in [5.41, 5.74) is 2.85. The first-order chi connectivity index (χ1) is 13.5. The molecule has 3 rings (SSSR count). The summed E-state index contributed by atoms with van der Waals surface area (Å²) in [6.45, 7) is 5.34. The minimum Gasteiger partial charge on any atom is -0.459 e. The summed E-state index contributed by atoms with van der Waals surface area (Å²) in [5, 5.41) is 10.4. The molecule has 0 atom stereocenters. The molecule has 29 heavy (non-hydrogen) atoms. The number of carbonyl (C=O) groups excluding carboxylic acids is 1. The summed E-state index contributed by atoms with van der Waals surface area (Å²) >= 11 is 1.69. The van der Waals surface area contributed by atoms with Gasteiger partial charge in [0.15, 0.2) is 11.7 Å². The van der Waals surface area contributed by atoms with E-state index in [1.54, 1.807) is 30.5 Å². The first-order valence-electron chi connectivity index (χ1n) is 8.86. The van der Waals surface area contributed by atoms with Gasteiger partial charge in [-0.3, -0.25) is 9.79 Å². The molecule has 2 heterocycles. The van der Waals surface area contributed by atoms with Crippen molar-refractivity contribution in [1.82, 2.24) is 15.6 Å². The topological polar surface area (TPSA) is 91.5 Å². The standard InChI is InChI=1S/C20H23N5O2S.HI/c1-13-14(2)28-18(24-13)12-23-20(21-3)22-11-15-6-8-16(9-7-15)25-19(26)17-5-4-10-27-17;/h4-10H,11-12H2,1-3H3,(H,25,26)(H2,21,22,23);1H. The van der Waals surface area contributed by atoms with Crippen LogP contribution in [0.2, 0.25) is 0 Å². The van der Waals surface area contributed by atoms with E-state index >= 15 is 0 Å².